The van der Waals surface area contributed by atoms with E-state index in [1.54, 1.807) is 0 Å². The number of piperidine rings is 1. The van der Waals surface area contributed by atoms with Gasteiger partial charge in [0.05, 0.1) is 24.5 Å². The van der Waals surface area contributed by atoms with Gasteiger partial charge in [-0.05, 0) is 43.7 Å². The Morgan fingerprint density at radius 2 is 2.00 bits per heavy atom. The fraction of sp³-hybridized carbons (Fsp3) is 0.714. The minimum atomic E-state index is -2.29. The Kier molecular flexibility index (Phi) is 5.88. The monoisotopic (exact) mass is 438 g/mol. The fourth-order valence-electron chi connectivity index (χ4n) is 4.92. The first kappa shape index (κ1) is 20.5. The Hall–Kier alpha value is -1.42. The van der Waals surface area contributed by atoms with E-state index in [0.717, 1.165) is 75.5 Å². The second-order valence-electron chi connectivity index (χ2n) is 8.56. The number of ether oxygens (including phenoxy) is 2. The van der Waals surface area contributed by atoms with E-state index in [4.69, 9.17) is 9.47 Å². The van der Waals surface area contributed by atoms with Crippen molar-refractivity contribution in [1.82, 2.24) is 19.9 Å². The van der Waals surface area contributed by atoms with Crippen molar-refractivity contribution in [2.75, 3.05) is 32.9 Å². The summed E-state index contributed by atoms with van der Waals surface area (Å²) in [5.41, 5.74) is 1.92. The maximum absolute atomic E-state index is 12.8. The molecule has 2 fully saturated rings. The first-order chi connectivity index (χ1) is 14.6. The van der Waals surface area contributed by atoms with Crippen LogP contribution in [0.4, 0.5) is 8.78 Å². The molecule has 0 atom stereocenters. The number of aromatic nitrogens is 3. The highest BCUT2D eigenvalue weighted by Gasteiger charge is 2.42. The van der Waals surface area contributed by atoms with Gasteiger partial charge in [0.1, 0.15) is 5.60 Å². The molecule has 6 nitrogen and oxygen atoms in total. The molecular formula is C21H28F2N4O2S. The van der Waals surface area contributed by atoms with Crippen LogP contribution >= 0.6 is 11.3 Å². The summed E-state index contributed by atoms with van der Waals surface area (Å²) in [7, 11) is 0. The van der Waals surface area contributed by atoms with Crippen molar-refractivity contribution in [2.45, 2.75) is 63.1 Å². The van der Waals surface area contributed by atoms with E-state index >= 15 is 0 Å². The summed E-state index contributed by atoms with van der Waals surface area (Å²) in [6.45, 7) is 4.86. The lowest BCUT2D eigenvalue weighted by atomic mass is 9.85. The van der Waals surface area contributed by atoms with E-state index in [2.05, 4.69) is 21.4 Å². The van der Waals surface area contributed by atoms with Gasteiger partial charge in [-0.25, -0.2) is 13.5 Å². The molecular weight excluding hydrogens is 410 g/mol. The van der Waals surface area contributed by atoms with Crippen LogP contribution in [0.3, 0.4) is 0 Å². The lowest BCUT2D eigenvalue weighted by Gasteiger charge is -2.43. The highest BCUT2D eigenvalue weighted by Crippen LogP contribution is 2.45. The second kappa shape index (κ2) is 8.61. The molecule has 30 heavy (non-hydrogen) atoms. The Balaban J connectivity index is 1.22. The molecule has 0 radical (unpaired) electrons. The van der Waals surface area contributed by atoms with Crippen LogP contribution in [0.1, 0.15) is 52.7 Å². The largest absolute Gasteiger partial charge is 0.381 e. The van der Waals surface area contributed by atoms with E-state index in [9.17, 15) is 8.78 Å². The highest BCUT2D eigenvalue weighted by molar-refractivity contribution is 7.12. The summed E-state index contributed by atoms with van der Waals surface area (Å²) in [6, 6.07) is 2.37. The summed E-state index contributed by atoms with van der Waals surface area (Å²) in [5, 5.41) is 8.73. The summed E-state index contributed by atoms with van der Waals surface area (Å²) >= 11 is 1.53. The second-order valence-corrected chi connectivity index (χ2v) is 9.70. The standard InChI is InChI=1S/C21H28F2N4O2S/c22-19(23)12-18-11-15-1-10-29-21(20(15)30-18)4-6-26(7-5-21)13-16-14-27(25-24-16)17-2-8-28-9-3-17/h11,14,17,19H,1-10,12-13H2. The molecule has 3 aliphatic rings. The minimum Gasteiger partial charge on any atom is -0.381 e. The normalized spacial score (nSPS) is 22.6. The van der Waals surface area contributed by atoms with Crippen molar-refractivity contribution in [3.8, 4) is 0 Å². The fourth-order valence-corrected chi connectivity index (χ4v) is 6.33. The summed E-state index contributed by atoms with van der Waals surface area (Å²) in [6.07, 6.45) is 4.22. The van der Waals surface area contributed by atoms with Crippen molar-refractivity contribution in [2.24, 2.45) is 0 Å². The third kappa shape index (κ3) is 4.17. The Bertz CT molecular complexity index is 857. The Morgan fingerprint density at radius 1 is 1.20 bits per heavy atom. The zero-order valence-corrected chi connectivity index (χ0v) is 17.9. The smallest absolute Gasteiger partial charge is 0.243 e. The Labute approximate surface area is 179 Å². The Morgan fingerprint density at radius 3 is 2.77 bits per heavy atom. The maximum atomic E-state index is 12.8. The number of thiophene rings is 1. The van der Waals surface area contributed by atoms with Crippen LogP contribution in [-0.4, -0.2) is 59.2 Å². The number of hydrogen-bond donors (Lipinski definition) is 0. The topological polar surface area (TPSA) is 52.4 Å². The number of hydrogen-bond acceptors (Lipinski definition) is 6. The van der Waals surface area contributed by atoms with Crippen LogP contribution in [-0.2, 0) is 34.5 Å². The van der Waals surface area contributed by atoms with E-state index < -0.39 is 6.43 Å². The van der Waals surface area contributed by atoms with Gasteiger partial charge in [-0.2, -0.15) is 0 Å². The molecule has 0 aromatic carbocycles. The molecule has 1 spiro atoms. The van der Waals surface area contributed by atoms with Crippen LogP contribution in [0.5, 0.6) is 0 Å². The zero-order valence-electron chi connectivity index (χ0n) is 17.1. The third-order valence-corrected chi connectivity index (χ3v) is 7.94. The van der Waals surface area contributed by atoms with Crippen molar-refractivity contribution in [3.05, 3.63) is 33.3 Å². The maximum Gasteiger partial charge on any atom is 0.243 e. The molecule has 5 rings (SSSR count). The molecule has 0 bridgehead atoms. The molecule has 164 valence electrons. The number of rotatable bonds is 5. The quantitative estimate of drug-likeness (QED) is 0.715. The van der Waals surface area contributed by atoms with Crippen molar-refractivity contribution in [1.29, 1.82) is 0 Å². The lowest BCUT2D eigenvalue weighted by Crippen LogP contribution is -2.45. The summed E-state index contributed by atoms with van der Waals surface area (Å²) in [4.78, 5) is 4.37. The van der Waals surface area contributed by atoms with Crippen LogP contribution in [0, 0.1) is 0 Å². The number of fused-ring (bicyclic) bond motifs is 2. The molecule has 0 N–H and O–H groups in total. The summed E-state index contributed by atoms with van der Waals surface area (Å²) in [5.74, 6) is 0. The number of likely N-dealkylation sites (tertiary alicyclic amines) is 1. The molecule has 2 aromatic rings. The van der Waals surface area contributed by atoms with Gasteiger partial charge < -0.3 is 9.47 Å². The van der Waals surface area contributed by atoms with E-state index in [1.807, 2.05) is 10.7 Å². The molecule has 0 saturated carbocycles. The first-order valence-corrected chi connectivity index (χ1v) is 11.7. The number of halogens is 2. The predicted octanol–water partition coefficient (Wildman–Crippen LogP) is 3.56. The minimum absolute atomic E-state index is 0.150. The van der Waals surface area contributed by atoms with Crippen molar-refractivity contribution in [3.63, 3.8) is 0 Å². The summed E-state index contributed by atoms with van der Waals surface area (Å²) < 4.78 is 39.4. The van der Waals surface area contributed by atoms with Crippen LogP contribution < -0.4 is 0 Å². The molecule has 2 aromatic heterocycles. The van der Waals surface area contributed by atoms with Crippen LogP contribution in [0.2, 0.25) is 0 Å². The lowest BCUT2D eigenvalue weighted by molar-refractivity contribution is -0.0961. The number of nitrogens with zero attached hydrogens (tertiary/aromatic N) is 4. The number of alkyl halides is 2. The molecule has 5 heterocycles. The predicted molar refractivity (Wildman–Crippen MR) is 109 cm³/mol. The van der Waals surface area contributed by atoms with E-state index in [-0.39, 0.29) is 12.0 Å². The molecule has 0 unspecified atom stereocenters. The zero-order chi connectivity index (χ0) is 20.6. The van der Waals surface area contributed by atoms with Crippen molar-refractivity contribution < 1.29 is 18.3 Å². The first-order valence-electron chi connectivity index (χ1n) is 10.9. The molecule has 3 aliphatic heterocycles. The SMILES string of the molecule is FC(F)Cc1cc2c(s1)C1(CCN(Cc3cn(C4CCOCC4)nn3)CC1)OCC2. The van der Waals surface area contributed by atoms with E-state index in [0.29, 0.717) is 12.6 Å². The molecule has 0 amide bonds. The highest BCUT2D eigenvalue weighted by atomic mass is 32.1. The third-order valence-electron chi connectivity index (χ3n) is 6.55. The van der Waals surface area contributed by atoms with Gasteiger partial charge in [-0.15, -0.1) is 16.4 Å². The van der Waals surface area contributed by atoms with Gasteiger partial charge in [-0.1, -0.05) is 5.21 Å². The van der Waals surface area contributed by atoms with Crippen LogP contribution in [0.25, 0.3) is 0 Å². The molecule has 2 saturated heterocycles. The van der Waals surface area contributed by atoms with Gasteiger partial charge in [-0.3, -0.25) is 4.90 Å². The van der Waals surface area contributed by atoms with E-state index in [1.165, 1.54) is 21.8 Å². The average Bonchev–Trinajstić information content (AvgIpc) is 3.38. The molecule has 9 heteroatoms. The average molecular weight is 439 g/mol. The van der Waals surface area contributed by atoms with Gasteiger partial charge in [0.25, 0.3) is 0 Å². The van der Waals surface area contributed by atoms with Gasteiger partial charge in [0.15, 0.2) is 0 Å². The van der Waals surface area contributed by atoms with Gasteiger partial charge >= 0.3 is 0 Å². The van der Waals surface area contributed by atoms with Crippen molar-refractivity contribution >= 4 is 11.3 Å². The van der Waals surface area contributed by atoms with Crippen LogP contribution in [0.15, 0.2) is 12.3 Å². The van der Waals surface area contributed by atoms with Gasteiger partial charge in [0, 0.05) is 49.0 Å². The molecule has 0 aliphatic carbocycles. The van der Waals surface area contributed by atoms with Gasteiger partial charge in [0.2, 0.25) is 6.43 Å².